The number of esters is 1. The number of hydrogen-bond acceptors (Lipinski definition) is 2. The first-order chi connectivity index (χ1) is 4.66. The smallest absolute Gasteiger partial charge is 0.308 e. The van der Waals surface area contributed by atoms with Gasteiger partial charge in [-0.15, -0.1) is 0 Å². The molecule has 2 atom stereocenters. The van der Waals surface area contributed by atoms with Crippen LogP contribution in [0, 0.1) is 17.8 Å². The first-order valence-corrected chi connectivity index (χ1v) is 3.74. The molecule has 0 spiro atoms. The highest BCUT2D eigenvalue weighted by Gasteiger charge is 2.45. The number of methoxy groups -OCH3 is 1. The summed E-state index contributed by atoms with van der Waals surface area (Å²) in [5.74, 6) is 1.40. The molecule has 0 aliphatic heterocycles. The molecule has 0 radical (unpaired) electrons. The molecular formula is C8H14O2. The van der Waals surface area contributed by atoms with Gasteiger partial charge in [-0.25, -0.2) is 0 Å². The fourth-order valence-electron chi connectivity index (χ4n) is 1.37. The van der Waals surface area contributed by atoms with Crippen LogP contribution in [-0.4, -0.2) is 13.1 Å². The lowest BCUT2D eigenvalue weighted by atomic mass is 10.1. The van der Waals surface area contributed by atoms with Crippen molar-refractivity contribution in [1.82, 2.24) is 0 Å². The van der Waals surface area contributed by atoms with Gasteiger partial charge in [-0.1, -0.05) is 13.8 Å². The Labute approximate surface area is 61.6 Å². The summed E-state index contributed by atoms with van der Waals surface area (Å²) in [7, 11) is 1.46. The lowest BCUT2D eigenvalue weighted by Crippen LogP contribution is -2.06. The van der Waals surface area contributed by atoms with E-state index in [4.69, 9.17) is 0 Å². The van der Waals surface area contributed by atoms with Gasteiger partial charge in [-0.05, 0) is 18.3 Å². The molecule has 10 heavy (non-hydrogen) atoms. The summed E-state index contributed by atoms with van der Waals surface area (Å²) in [6.07, 6.45) is 1.03. The molecule has 0 amide bonds. The van der Waals surface area contributed by atoms with E-state index in [1.54, 1.807) is 0 Å². The van der Waals surface area contributed by atoms with E-state index in [2.05, 4.69) is 18.6 Å². The van der Waals surface area contributed by atoms with E-state index < -0.39 is 0 Å². The Hall–Kier alpha value is -0.530. The maximum Gasteiger partial charge on any atom is 0.308 e. The van der Waals surface area contributed by atoms with Crippen molar-refractivity contribution in [3.05, 3.63) is 0 Å². The topological polar surface area (TPSA) is 26.3 Å². The zero-order valence-corrected chi connectivity index (χ0v) is 6.76. The number of ether oxygens (including phenoxy) is 1. The van der Waals surface area contributed by atoms with E-state index in [0.29, 0.717) is 11.8 Å². The Bertz CT molecular complexity index is 140. The second-order valence-corrected chi connectivity index (χ2v) is 3.27. The highest BCUT2D eigenvalue weighted by molar-refractivity contribution is 5.75. The summed E-state index contributed by atoms with van der Waals surface area (Å²) in [6.45, 7) is 4.29. The van der Waals surface area contributed by atoms with Crippen LogP contribution in [0.3, 0.4) is 0 Å². The SMILES string of the molecule is COC(=O)C1CC1C(C)C. The molecule has 1 rings (SSSR count). The lowest BCUT2D eigenvalue weighted by Gasteiger charge is -2.00. The quantitative estimate of drug-likeness (QED) is 0.545. The molecule has 2 heteroatoms. The molecule has 0 bridgehead atoms. The fourth-order valence-corrected chi connectivity index (χ4v) is 1.37. The van der Waals surface area contributed by atoms with Gasteiger partial charge in [0.2, 0.25) is 0 Å². The van der Waals surface area contributed by atoms with Gasteiger partial charge in [-0.2, -0.15) is 0 Å². The third-order valence-corrected chi connectivity index (χ3v) is 2.20. The Morgan fingerprint density at radius 3 is 2.50 bits per heavy atom. The molecule has 0 aromatic heterocycles. The average molecular weight is 142 g/mol. The van der Waals surface area contributed by atoms with Crippen molar-refractivity contribution in [2.24, 2.45) is 17.8 Å². The average Bonchev–Trinajstić information content (AvgIpc) is 2.64. The second kappa shape index (κ2) is 2.60. The molecule has 1 aliphatic rings. The number of carbonyl (C=O) groups is 1. The summed E-state index contributed by atoms with van der Waals surface area (Å²) in [5, 5.41) is 0. The standard InChI is InChI=1S/C8H14O2/c1-5(2)6-4-7(6)8(9)10-3/h5-7H,4H2,1-3H3. The summed E-state index contributed by atoms with van der Waals surface area (Å²) in [6, 6.07) is 0. The van der Waals surface area contributed by atoms with Crippen molar-refractivity contribution in [3.63, 3.8) is 0 Å². The Kier molecular flexibility index (Phi) is 1.97. The van der Waals surface area contributed by atoms with E-state index in [-0.39, 0.29) is 11.9 Å². The molecule has 1 saturated carbocycles. The Morgan fingerprint density at radius 1 is 1.60 bits per heavy atom. The first kappa shape index (κ1) is 7.58. The van der Waals surface area contributed by atoms with Gasteiger partial charge in [0.05, 0.1) is 13.0 Å². The summed E-state index contributed by atoms with van der Waals surface area (Å²) in [4.78, 5) is 10.9. The van der Waals surface area contributed by atoms with Crippen LogP contribution >= 0.6 is 0 Å². The van der Waals surface area contributed by atoms with Crippen LogP contribution in [0.4, 0.5) is 0 Å². The minimum Gasteiger partial charge on any atom is -0.469 e. The molecule has 0 N–H and O–H groups in total. The van der Waals surface area contributed by atoms with E-state index in [1.165, 1.54) is 7.11 Å². The monoisotopic (exact) mass is 142 g/mol. The number of carbonyl (C=O) groups excluding carboxylic acids is 1. The van der Waals surface area contributed by atoms with E-state index in [0.717, 1.165) is 6.42 Å². The van der Waals surface area contributed by atoms with E-state index in [1.807, 2.05) is 0 Å². The maximum atomic E-state index is 10.9. The molecule has 58 valence electrons. The molecular weight excluding hydrogens is 128 g/mol. The molecule has 0 heterocycles. The van der Waals surface area contributed by atoms with Gasteiger partial charge in [0.1, 0.15) is 0 Å². The van der Waals surface area contributed by atoms with Gasteiger partial charge >= 0.3 is 5.97 Å². The van der Waals surface area contributed by atoms with Crippen molar-refractivity contribution >= 4 is 5.97 Å². The van der Waals surface area contributed by atoms with Gasteiger partial charge in [0.25, 0.3) is 0 Å². The van der Waals surface area contributed by atoms with Crippen molar-refractivity contribution in [2.75, 3.05) is 7.11 Å². The Morgan fingerprint density at radius 2 is 2.20 bits per heavy atom. The summed E-state index contributed by atoms with van der Waals surface area (Å²) >= 11 is 0. The molecule has 2 unspecified atom stereocenters. The van der Waals surface area contributed by atoms with Gasteiger partial charge in [0, 0.05) is 0 Å². The Balaban J connectivity index is 2.31. The fraction of sp³-hybridized carbons (Fsp3) is 0.875. The zero-order valence-electron chi connectivity index (χ0n) is 6.76. The second-order valence-electron chi connectivity index (χ2n) is 3.27. The predicted octanol–water partition coefficient (Wildman–Crippen LogP) is 1.45. The van der Waals surface area contributed by atoms with Gasteiger partial charge in [-0.3, -0.25) is 4.79 Å². The van der Waals surface area contributed by atoms with Gasteiger partial charge in [0.15, 0.2) is 0 Å². The normalized spacial score (nSPS) is 30.4. The molecule has 2 nitrogen and oxygen atoms in total. The van der Waals surface area contributed by atoms with E-state index >= 15 is 0 Å². The predicted molar refractivity (Wildman–Crippen MR) is 38.5 cm³/mol. The number of hydrogen-bond donors (Lipinski definition) is 0. The van der Waals surface area contributed by atoms with Crippen LogP contribution in [0.5, 0.6) is 0 Å². The minimum absolute atomic E-state index is 0.0290. The largest absolute Gasteiger partial charge is 0.469 e. The third-order valence-electron chi connectivity index (χ3n) is 2.20. The van der Waals surface area contributed by atoms with Crippen molar-refractivity contribution in [3.8, 4) is 0 Å². The molecule has 1 aliphatic carbocycles. The lowest BCUT2D eigenvalue weighted by molar-refractivity contribution is -0.142. The molecule has 0 aromatic rings. The summed E-state index contributed by atoms with van der Waals surface area (Å²) in [5.41, 5.74) is 0. The molecule has 1 fully saturated rings. The van der Waals surface area contributed by atoms with Crippen molar-refractivity contribution in [1.29, 1.82) is 0 Å². The number of rotatable bonds is 2. The highest BCUT2D eigenvalue weighted by atomic mass is 16.5. The first-order valence-electron chi connectivity index (χ1n) is 3.74. The molecule has 0 aromatic carbocycles. The summed E-state index contributed by atoms with van der Waals surface area (Å²) < 4.78 is 4.62. The third kappa shape index (κ3) is 1.31. The van der Waals surface area contributed by atoms with Crippen LogP contribution in [0.2, 0.25) is 0 Å². The maximum absolute atomic E-state index is 10.9. The zero-order chi connectivity index (χ0) is 7.72. The van der Waals surface area contributed by atoms with Crippen molar-refractivity contribution in [2.45, 2.75) is 20.3 Å². The van der Waals surface area contributed by atoms with Crippen LogP contribution in [0.15, 0.2) is 0 Å². The van der Waals surface area contributed by atoms with E-state index in [9.17, 15) is 4.79 Å². The van der Waals surface area contributed by atoms with Crippen LogP contribution < -0.4 is 0 Å². The van der Waals surface area contributed by atoms with Crippen LogP contribution in [0.1, 0.15) is 20.3 Å². The molecule has 0 saturated heterocycles. The van der Waals surface area contributed by atoms with Crippen molar-refractivity contribution < 1.29 is 9.53 Å². The van der Waals surface area contributed by atoms with Crippen LogP contribution in [0.25, 0.3) is 0 Å². The highest BCUT2D eigenvalue weighted by Crippen LogP contribution is 2.44. The van der Waals surface area contributed by atoms with Crippen LogP contribution in [-0.2, 0) is 9.53 Å². The van der Waals surface area contributed by atoms with Gasteiger partial charge < -0.3 is 4.74 Å². The minimum atomic E-state index is -0.0290.